The largest absolute Gasteiger partial charge is 0.378 e. The average molecular weight is 403 g/mol. The first-order chi connectivity index (χ1) is 13.6. The molecule has 2 aliphatic rings. The number of aromatic nitrogens is 3. The van der Waals surface area contributed by atoms with Crippen LogP contribution < -0.4 is 10.6 Å². The smallest absolute Gasteiger partial charge is 0.192 e. The van der Waals surface area contributed by atoms with Gasteiger partial charge in [-0.15, -0.1) is 21.5 Å². The predicted octanol–water partition coefficient (Wildman–Crippen LogP) is 2.77. The quantitative estimate of drug-likeness (QED) is 0.550. The Labute approximate surface area is 170 Å². The Kier molecular flexibility index (Phi) is 5.68. The molecule has 0 aliphatic heterocycles. The molecule has 4 rings (SSSR count). The van der Waals surface area contributed by atoms with E-state index in [0.717, 1.165) is 37.2 Å². The van der Waals surface area contributed by atoms with Gasteiger partial charge in [-0.25, -0.2) is 4.99 Å². The van der Waals surface area contributed by atoms with E-state index in [1.54, 1.807) is 11.3 Å². The van der Waals surface area contributed by atoms with Gasteiger partial charge in [0.1, 0.15) is 12.4 Å². The van der Waals surface area contributed by atoms with Crippen LogP contribution in [0.5, 0.6) is 0 Å². The van der Waals surface area contributed by atoms with Gasteiger partial charge in [0.2, 0.25) is 0 Å². The molecule has 0 saturated heterocycles. The Morgan fingerprint density at radius 2 is 2.29 bits per heavy atom. The first kappa shape index (κ1) is 19.4. The number of hydrogen-bond donors (Lipinski definition) is 2. The van der Waals surface area contributed by atoms with E-state index in [1.165, 1.54) is 24.1 Å². The molecule has 0 aromatic carbocycles. The van der Waals surface area contributed by atoms with Gasteiger partial charge in [0.15, 0.2) is 11.8 Å². The maximum absolute atomic E-state index is 5.99. The van der Waals surface area contributed by atoms with Crippen molar-refractivity contribution in [2.45, 2.75) is 64.8 Å². The van der Waals surface area contributed by atoms with Gasteiger partial charge in [0, 0.05) is 30.0 Å². The van der Waals surface area contributed by atoms with Crippen LogP contribution in [-0.2, 0) is 24.9 Å². The Morgan fingerprint density at radius 3 is 2.89 bits per heavy atom. The molecule has 2 fully saturated rings. The van der Waals surface area contributed by atoms with Crippen molar-refractivity contribution >= 4 is 17.3 Å². The SMILES string of the molecule is CCOC1CC(NC(=NCc2nnc(C)n2C)NCc2cccs2)C12CCC2. The Bertz CT molecular complexity index is 811. The summed E-state index contributed by atoms with van der Waals surface area (Å²) in [6.07, 6.45) is 5.24. The van der Waals surface area contributed by atoms with Gasteiger partial charge < -0.3 is 19.9 Å². The van der Waals surface area contributed by atoms with Crippen molar-refractivity contribution in [3.05, 3.63) is 34.0 Å². The minimum Gasteiger partial charge on any atom is -0.378 e. The van der Waals surface area contributed by atoms with Crippen molar-refractivity contribution in [3.8, 4) is 0 Å². The molecule has 0 bridgehead atoms. The normalized spacial score (nSPS) is 23.3. The lowest BCUT2D eigenvalue weighted by atomic mass is 9.51. The van der Waals surface area contributed by atoms with Crippen LogP contribution in [0.15, 0.2) is 22.5 Å². The predicted molar refractivity (Wildman–Crippen MR) is 111 cm³/mol. The van der Waals surface area contributed by atoms with Gasteiger partial charge in [0.25, 0.3) is 0 Å². The standard InChI is InChI=1S/C20H30N6OS/c1-4-27-17-11-16(20(17)8-6-9-20)23-19(21-12-15-7-5-10-28-15)22-13-18-25-24-14(2)26(18)3/h5,7,10,16-17H,4,6,8-9,11-13H2,1-3H3,(H2,21,22,23). The Balaban J connectivity index is 1.45. The van der Waals surface area contributed by atoms with Crippen molar-refractivity contribution in [3.63, 3.8) is 0 Å². The number of hydrogen-bond acceptors (Lipinski definition) is 5. The van der Waals surface area contributed by atoms with Gasteiger partial charge in [-0.05, 0) is 44.6 Å². The highest BCUT2D eigenvalue weighted by Gasteiger charge is 2.59. The summed E-state index contributed by atoms with van der Waals surface area (Å²) in [4.78, 5) is 6.11. The second-order valence-electron chi connectivity index (χ2n) is 7.78. The molecule has 2 aliphatic carbocycles. The zero-order valence-corrected chi connectivity index (χ0v) is 17.8. The Hall–Kier alpha value is -1.93. The third kappa shape index (κ3) is 3.67. The molecule has 2 heterocycles. The number of aryl methyl sites for hydroxylation is 1. The van der Waals surface area contributed by atoms with Crippen LogP contribution in [0.3, 0.4) is 0 Å². The van der Waals surface area contributed by atoms with E-state index in [0.29, 0.717) is 24.1 Å². The van der Waals surface area contributed by atoms with E-state index in [2.05, 4.69) is 45.3 Å². The minimum absolute atomic E-state index is 0.294. The highest BCUT2D eigenvalue weighted by molar-refractivity contribution is 7.09. The van der Waals surface area contributed by atoms with Crippen molar-refractivity contribution in [1.29, 1.82) is 0 Å². The summed E-state index contributed by atoms with van der Waals surface area (Å²) in [6, 6.07) is 4.65. The molecule has 2 unspecified atom stereocenters. The molecule has 152 valence electrons. The fourth-order valence-electron chi connectivity index (χ4n) is 4.28. The van der Waals surface area contributed by atoms with Crippen molar-refractivity contribution in [2.75, 3.05) is 6.61 Å². The number of nitrogens with one attached hydrogen (secondary N) is 2. The topological polar surface area (TPSA) is 76.4 Å². The highest BCUT2D eigenvalue weighted by atomic mass is 32.1. The van der Waals surface area contributed by atoms with E-state index in [-0.39, 0.29) is 0 Å². The maximum Gasteiger partial charge on any atom is 0.192 e. The number of rotatable bonds is 7. The molecule has 2 saturated carbocycles. The summed E-state index contributed by atoms with van der Waals surface area (Å²) < 4.78 is 7.98. The molecule has 8 heteroatoms. The second kappa shape index (κ2) is 8.21. The fourth-order valence-corrected chi connectivity index (χ4v) is 4.93. The minimum atomic E-state index is 0.294. The average Bonchev–Trinajstić information content (AvgIpc) is 3.26. The van der Waals surface area contributed by atoms with Crippen LogP contribution in [0.2, 0.25) is 0 Å². The van der Waals surface area contributed by atoms with E-state index in [4.69, 9.17) is 9.73 Å². The van der Waals surface area contributed by atoms with Crippen molar-refractivity contribution < 1.29 is 4.74 Å². The monoisotopic (exact) mass is 402 g/mol. The highest BCUT2D eigenvalue weighted by Crippen LogP contribution is 2.57. The van der Waals surface area contributed by atoms with Gasteiger partial charge >= 0.3 is 0 Å². The van der Waals surface area contributed by atoms with Gasteiger partial charge in [-0.3, -0.25) is 0 Å². The van der Waals surface area contributed by atoms with Crippen LogP contribution >= 0.6 is 11.3 Å². The summed E-state index contributed by atoms with van der Waals surface area (Å²) >= 11 is 1.75. The molecule has 1 spiro atoms. The molecular weight excluding hydrogens is 372 g/mol. The molecule has 2 aromatic heterocycles. The van der Waals surface area contributed by atoms with Gasteiger partial charge in [0.05, 0.1) is 12.6 Å². The summed E-state index contributed by atoms with van der Waals surface area (Å²) in [5.74, 6) is 2.62. The lowest BCUT2D eigenvalue weighted by Crippen LogP contribution is -2.68. The van der Waals surface area contributed by atoms with Crippen molar-refractivity contribution in [2.24, 2.45) is 17.5 Å². The molecule has 2 N–H and O–H groups in total. The van der Waals surface area contributed by atoms with E-state index >= 15 is 0 Å². The molecule has 28 heavy (non-hydrogen) atoms. The number of thiophene rings is 1. The Morgan fingerprint density at radius 1 is 1.43 bits per heavy atom. The molecule has 0 amide bonds. The van der Waals surface area contributed by atoms with Gasteiger partial charge in [-0.2, -0.15) is 0 Å². The third-order valence-electron chi connectivity index (χ3n) is 6.32. The first-order valence-corrected chi connectivity index (χ1v) is 11.0. The molecule has 0 radical (unpaired) electrons. The summed E-state index contributed by atoms with van der Waals surface area (Å²) in [7, 11) is 1.98. The lowest BCUT2D eigenvalue weighted by Gasteiger charge is -2.61. The fraction of sp³-hybridized carbons (Fsp3) is 0.650. The summed E-state index contributed by atoms with van der Waals surface area (Å²) in [5, 5.41) is 17.7. The van der Waals surface area contributed by atoms with Crippen LogP contribution in [0.4, 0.5) is 0 Å². The number of ether oxygens (including phenoxy) is 1. The van der Waals surface area contributed by atoms with E-state index in [9.17, 15) is 0 Å². The van der Waals surface area contributed by atoms with E-state index in [1.807, 2.05) is 18.5 Å². The van der Waals surface area contributed by atoms with Crippen LogP contribution in [0.1, 0.15) is 49.1 Å². The number of guanidine groups is 1. The maximum atomic E-state index is 5.99. The summed E-state index contributed by atoms with van der Waals surface area (Å²) in [5.41, 5.74) is 0.294. The van der Waals surface area contributed by atoms with Crippen LogP contribution in [-0.4, -0.2) is 39.5 Å². The molecule has 7 nitrogen and oxygen atoms in total. The van der Waals surface area contributed by atoms with Crippen molar-refractivity contribution in [1.82, 2.24) is 25.4 Å². The van der Waals surface area contributed by atoms with E-state index < -0.39 is 0 Å². The summed E-state index contributed by atoms with van der Waals surface area (Å²) in [6.45, 7) is 6.12. The third-order valence-corrected chi connectivity index (χ3v) is 7.20. The molecule has 2 atom stereocenters. The zero-order chi connectivity index (χ0) is 19.6. The van der Waals surface area contributed by atoms with Crippen LogP contribution in [0, 0.1) is 12.3 Å². The molecular formula is C20H30N6OS. The second-order valence-corrected chi connectivity index (χ2v) is 8.82. The zero-order valence-electron chi connectivity index (χ0n) is 16.9. The lowest BCUT2D eigenvalue weighted by molar-refractivity contribution is -0.168. The molecule has 2 aromatic rings. The first-order valence-electron chi connectivity index (χ1n) is 10.2. The van der Waals surface area contributed by atoms with Crippen LogP contribution in [0.25, 0.3) is 0 Å². The number of nitrogens with zero attached hydrogens (tertiary/aromatic N) is 4. The van der Waals surface area contributed by atoms with Gasteiger partial charge in [-0.1, -0.05) is 12.5 Å². The number of aliphatic imine (C=N–C) groups is 1.